The standard InChI is InChI=1S/C30H40N6O6.C25H32N6O4.C20H27ClN4O4.C10H14N2O2/c1-30(2,3)42-29(40)34(4)25-17-24(32-22-11-8-13-35(28(22)39)26-12-5-6-14-41-26)33-27-21(18-31-36(25)27)23(38)16-19-9-7-10-20(37)15-19;1-26-22-14-21(28-19-8-5-10-30(25(19)34)23-9-2-3-11-35-23)29-24-18(15-27-31(22)24)20(33)13-16-6-4-7-17(32)12-16;1-20(2,3)29-19(28)24(4)17-10-16(21)23-18-14(11-22-25(17)18)15(27)9-12-6-5-7-13(26)8-12;11-8-4-3-6-12(10(8)13)9-5-1-2-7-14-9/h8,11,13,17-20,26,37H,5-7,9-10,12,14-16H2,1-4H3,(H,32,33);5,8,10,14-17,23,26,32H,2-4,6-7,9,11-13H2,1H3,(H,28,29);10-13,26H,5-9H2,1-4H3;3-4,6,9H,1-2,5,7,11H2/t19?,20-,26+;16?,17-,23+;12?,13-;9-/m1110/s1. The van der Waals surface area contributed by atoms with Crippen LogP contribution in [-0.4, -0.2) is 173 Å². The topological polar surface area (TPSA) is 417 Å². The quantitative estimate of drug-likeness (QED) is 0.0292. The number of carbonyl (C=O) groups excluding carboxylic acids is 5. The molecule has 3 unspecified atom stereocenters. The lowest BCUT2D eigenvalue weighted by atomic mass is 9.83. The Kier molecular flexibility index (Phi) is 29.5. The summed E-state index contributed by atoms with van der Waals surface area (Å²) in [6.45, 7) is 12.6. The molecule has 3 aliphatic carbocycles. The third-order valence-electron chi connectivity index (χ3n) is 22.1. The molecule has 3 saturated carbocycles. The van der Waals surface area contributed by atoms with Crippen LogP contribution in [0.3, 0.4) is 0 Å². The van der Waals surface area contributed by atoms with E-state index in [1.807, 2.05) is 6.07 Å². The minimum Gasteiger partial charge on any atom is -0.443 e. The molecule has 15 rings (SSSR count). The molecule has 0 bridgehead atoms. The number of hydrogen-bond acceptors (Lipinski definition) is 26. The summed E-state index contributed by atoms with van der Waals surface area (Å²) >= 11 is 6.17. The lowest BCUT2D eigenvalue weighted by Gasteiger charge is -2.26. The lowest BCUT2D eigenvalue weighted by Crippen LogP contribution is -2.35. The van der Waals surface area contributed by atoms with Crippen LogP contribution in [0.15, 0.2) is 106 Å². The number of Topliss-reactive ketones (excluding diaryl/α,β-unsaturated/α-hetero) is 3. The lowest BCUT2D eigenvalue weighted by molar-refractivity contribution is -0.0340. The van der Waals surface area contributed by atoms with Gasteiger partial charge in [0.05, 0.1) is 59.3 Å². The molecule has 0 spiro atoms. The number of ketones is 3. The van der Waals surface area contributed by atoms with Gasteiger partial charge >= 0.3 is 12.2 Å². The average molecular weight is 1680 g/mol. The normalized spacial score (nSPS) is 21.5. The summed E-state index contributed by atoms with van der Waals surface area (Å²) in [6, 6.07) is 15.2. The molecule has 0 aromatic carbocycles. The highest BCUT2D eigenvalue weighted by Gasteiger charge is 2.33. The molecule has 9 aromatic rings. The largest absolute Gasteiger partial charge is 0.443 e. The van der Waals surface area contributed by atoms with Crippen LogP contribution in [-0.2, 0) is 23.7 Å². The first-order valence-electron chi connectivity index (χ1n) is 41.7. The number of anilines is 8. The van der Waals surface area contributed by atoms with Gasteiger partial charge in [-0.1, -0.05) is 30.9 Å². The Bertz CT molecular complexity index is 5280. The van der Waals surface area contributed by atoms with E-state index in [0.717, 1.165) is 122 Å². The summed E-state index contributed by atoms with van der Waals surface area (Å²) in [4.78, 5) is 119. The predicted molar refractivity (Wildman–Crippen MR) is 453 cm³/mol. The van der Waals surface area contributed by atoms with Gasteiger partial charge in [-0.25, -0.2) is 24.5 Å². The summed E-state index contributed by atoms with van der Waals surface area (Å²) in [7, 11) is 4.86. The number of hydrogen-bond donors (Lipinski definition) is 7. The van der Waals surface area contributed by atoms with Crippen LogP contribution in [0.4, 0.5) is 55.7 Å². The van der Waals surface area contributed by atoms with Crippen molar-refractivity contribution < 1.29 is 63.0 Å². The van der Waals surface area contributed by atoms with E-state index < -0.39 is 29.5 Å². The maximum Gasteiger partial charge on any atom is 0.415 e. The first-order valence-corrected chi connectivity index (χ1v) is 42.1. The number of nitrogen functional groups attached to an aromatic ring is 1. The van der Waals surface area contributed by atoms with Gasteiger partial charge in [0.15, 0.2) is 34.3 Å². The van der Waals surface area contributed by atoms with E-state index in [0.29, 0.717) is 102 Å². The Hall–Kier alpha value is -10.5. The Labute approximate surface area is 700 Å². The van der Waals surface area contributed by atoms with Crippen LogP contribution in [0.2, 0.25) is 5.15 Å². The Morgan fingerprint density at radius 1 is 0.500 bits per heavy atom. The van der Waals surface area contributed by atoms with Gasteiger partial charge in [0.2, 0.25) is 0 Å². The minimum atomic E-state index is -0.731. The zero-order valence-corrected chi connectivity index (χ0v) is 70.6. The maximum absolute atomic E-state index is 13.5. The first kappa shape index (κ1) is 88.8. The van der Waals surface area contributed by atoms with Gasteiger partial charge in [-0.15, -0.1) is 0 Å². The zero-order chi connectivity index (χ0) is 85.7. The van der Waals surface area contributed by atoms with Crippen molar-refractivity contribution in [3.05, 3.63) is 145 Å². The second-order valence-corrected chi connectivity index (χ2v) is 34.2. The van der Waals surface area contributed by atoms with Crippen LogP contribution < -0.4 is 48.2 Å². The highest BCUT2D eigenvalue weighted by Crippen LogP contribution is 2.36. The van der Waals surface area contributed by atoms with E-state index in [-0.39, 0.29) is 117 Å². The second kappa shape index (κ2) is 39.8. The van der Waals surface area contributed by atoms with Crippen molar-refractivity contribution >= 4 is 104 Å². The molecule has 6 fully saturated rings. The molecule has 9 atom stereocenters. The van der Waals surface area contributed by atoms with Crippen molar-refractivity contribution in [1.29, 1.82) is 0 Å². The Balaban J connectivity index is 0.000000154. The number of halogens is 1. The number of nitrogens with one attached hydrogen (secondary N) is 3. The zero-order valence-electron chi connectivity index (χ0n) is 69.8. The fourth-order valence-corrected chi connectivity index (χ4v) is 16.2. The molecule has 0 radical (unpaired) electrons. The number of ether oxygens (including phenoxy) is 5. The molecule has 646 valence electrons. The van der Waals surface area contributed by atoms with Crippen LogP contribution in [0.25, 0.3) is 16.9 Å². The predicted octanol–water partition coefficient (Wildman–Crippen LogP) is 13.3. The van der Waals surface area contributed by atoms with Crippen molar-refractivity contribution in [2.45, 2.75) is 244 Å². The van der Waals surface area contributed by atoms with Gasteiger partial charge in [-0.2, -0.15) is 28.8 Å². The number of aliphatic hydroxyl groups excluding tert-OH is 3. The molecule has 35 heteroatoms. The van der Waals surface area contributed by atoms with Gasteiger partial charge in [0, 0.05) is 97.0 Å². The third-order valence-corrected chi connectivity index (χ3v) is 22.3. The average Bonchev–Trinajstić information content (AvgIpc) is 1.64. The van der Waals surface area contributed by atoms with E-state index in [2.05, 4.69) is 46.2 Å². The summed E-state index contributed by atoms with van der Waals surface area (Å²) in [5.74, 6) is 2.08. The number of aliphatic hydroxyl groups is 3. The van der Waals surface area contributed by atoms with Gasteiger partial charge in [-0.3, -0.25) is 52.3 Å². The smallest absolute Gasteiger partial charge is 0.415 e. The molecule has 12 heterocycles. The van der Waals surface area contributed by atoms with Gasteiger partial charge in [0.1, 0.15) is 75.5 Å². The van der Waals surface area contributed by atoms with Crippen LogP contribution in [0, 0.1) is 17.8 Å². The fraction of sp³-hybridized carbons (Fsp3) is 0.553. The number of rotatable bonds is 19. The highest BCUT2D eigenvalue weighted by molar-refractivity contribution is 6.30. The molecular formula is C85H113ClN18O16. The van der Waals surface area contributed by atoms with Crippen molar-refractivity contribution in [2.75, 3.05) is 72.4 Å². The summed E-state index contributed by atoms with van der Waals surface area (Å²) in [5.41, 5.74) is 6.54. The van der Waals surface area contributed by atoms with Gasteiger partial charge < -0.3 is 60.7 Å². The molecule has 120 heavy (non-hydrogen) atoms. The number of nitrogens with two attached hydrogens (primary N) is 1. The minimum absolute atomic E-state index is 0.0395. The van der Waals surface area contributed by atoms with Crippen molar-refractivity contribution in [3.63, 3.8) is 0 Å². The highest BCUT2D eigenvalue weighted by atomic mass is 35.5. The summed E-state index contributed by atoms with van der Waals surface area (Å²) < 4.78 is 37.3. The SMILES string of the molecule is CN(C(=O)OC(C)(C)C)c1cc(Cl)nc2c(C(=O)CC3CCC[C@@H](O)C3)cnn12.CN(C(=O)OC(C)(C)C)c1cc(Nc2cccn([C@@H]3CCCCO3)c2=O)nc2c(C(=O)CC3CCC[C@@H](O)C3)cnn12.CNc1cc(Nc2cccn([C@@H]3CCCCO3)c2=O)nc2c(C(=O)CC3CCC[C@@H](O)C3)cnn12.Nc1cccn([C@@H]2CCCCO2)c1=O. The molecular weight excluding hydrogens is 1560 g/mol. The van der Waals surface area contributed by atoms with E-state index in [1.54, 1.807) is 148 Å². The Morgan fingerprint density at radius 2 is 0.867 bits per heavy atom. The Morgan fingerprint density at radius 3 is 1.25 bits per heavy atom. The van der Waals surface area contributed by atoms with E-state index >= 15 is 0 Å². The number of amides is 2. The molecule has 2 amide bonds. The second-order valence-electron chi connectivity index (χ2n) is 33.8. The van der Waals surface area contributed by atoms with Gasteiger partial charge in [-0.05, 0) is 211 Å². The van der Waals surface area contributed by atoms with Crippen molar-refractivity contribution in [2.24, 2.45) is 17.8 Å². The van der Waals surface area contributed by atoms with Crippen molar-refractivity contribution in [1.82, 2.24) is 57.5 Å². The number of fused-ring (bicyclic) bond motifs is 3. The van der Waals surface area contributed by atoms with E-state index in [9.17, 15) is 53.7 Å². The number of carbonyl (C=O) groups is 5. The summed E-state index contributed by atoms with van der Waals surface area (Å²) in [6.07, 6.45) is 25.9. The van der Waals surface area contributed by atoms with Crippen LogP contribution >= 0.6 is 11.6 Å². The monoisotopic (exact) mass is 1680 g/mol. The van der Waals surface area contributed by atoms with Crippen LogP contribution in [0.1, 0.15) is 245 Å². The molecule has 3 aliphatic heterocycles. The molecule has 34 nitrogen and oxygen atoms in total. The maximum atomic E-state index is 13.5. The molecule has 3 saturated heterocycles. The first-order chi connectivity index (χ1) is 57.4. The van der Waals surface area contributed by atoms with Crippen LogP contribution in [0.5, 0.6) is 0 Å². The van der Waals surface area contributed by atoms with Crippen molar-refractivity contribution in [3.8, 4) is 0 Å². The fourth-order valence-electron chi connectivity index (χ4n) is 16.0. The number of aromatic nitrogens is 12. The molecule has 9 aromatic heterocycles. The summed E-state index contributed by atoms with van der Waals surface area (Å²) in [5, 5.41) is 52.4. The molecule has 6 aliphatic rings. The number of pyridine rings is 3. The molecule has 8 N–H and O–H groups in total. The third kappa shape index (κ3) is 22.6. The number of nitrogens with zero attached hydrogens (tertiary/aromatic N) is 14. The van der Waals surface area contributed by atoms with E-state index in [1.165, 1.54) is 37.3 Å². The van der Waals surface area contributed by atoms with Gasteiger partial charge in [0.25, 0.3) is 16.7 Å². The van der Waals surface area contributed by atoms with E-state index in [4.69, 9.17) is 41.0 Å².